The number of anilines is 2. The van der Waals surface area contributed by atoms with Crippen molar-refractivity contribution in [2.45, 2.75) is 33.9 Å². The first-order valence-corrected chi connectivity index (χ1v) is 9.99. The van der Waals surface area contributed by atoms with E-state index in [0.717, 1.165) is 41.7 Å². The summed E-state index contributed by atoms with van der Waals surface area (Å²) in [5.74, 6) is 0.723. The van der Waals surface area contributed by atoms with Gasteiger partial charge in [-0.05, 0) is 45.4 Å². The van der Waals surface area contributed by atoms with E-state index < -0.39 is 17.6 Å². The highest BCUT2D eigenvalue weighted by molar-refractivity contribution is 7.20. The molecule has 154 valence electrons. The Bertz CT molecular complexity index is 1060. The molecule has 0 spiro atoms. The average Bonchev–Trinajstić information content (AvgIpc) is 2.98. The van der Waals surface area contributed by atoms with Crippen molar-refractivity contribution in [2.24, 2.45) is 0 Å². The molecular weight excluding hydrogens is 401 g/mol. The third-order valence-corrected chi connectivity index (χ3v) is 5.82. The van der Waals surface area contributed by atoms with E-state index in [4.69, 9.17) is 0 Å². The normalized spacial score (nSPS) is 11.7. The molecule has 0 aliphatic heterocycles. The molecule has 3 rings (SSSR count). The maximum Gasteiger partial charge on any atom is 0.418 e. The topological polar surface area (TPSA) is 58.1 Å². The van der Waals surface area contributed by atoms with Crippen LogP contribution < -0.4 is 10.2 Å². The van der Waals surface area contributed by atoms with Gasteiger partial charge in [-0.25, -0.2) is 9.97 Å². The zero-order valence-corrected chi connectivity index (χ0v) is 17.3. The van der Waals surface area contributed by atoms with Crippen molar-refractivity contribution in [3.63, 3.8) is 0 Å². The molecule has 3 aromatic rings. The van der Waals surface area contributed by atoms with Gasteiger partial charge in [0.15, 0.2) is 0 Å². The van der Waals surface area contributed by atoms with Gasteiger partial charge in [0, 0.05) is 13.1 Å². The predicted molar refractivity (Wildman–Crippen MR) is 110 cm³/mol. The number of rotatable bonds is 5. The highest BCUT2D eigenvalue weighted by Crippen LogP contribution is 2.38. The first kappa shape index (κ1) is 21.0. The van der Waals surface area contributed by atoms with Crippen LogP contribution in [0.25, 0.3) is 10.2 Å². The first-order chi connectivity index (χ1) is 13.7. The minimum absolute atomic E-state index is 0.270. The van der Waals surface area contributed by atoms with Crippen LogP contribution in [0, 0.1) is 13.8 Å². The number of nitrogens with zero attached hydrogens (tertiary/aromatic N) is 3. The molecule has 1 aromatic carbocycles. The molecule has 2 aromatic heterocycles. The molecule has 1 amide bonds. The third-order valence-electron chi connectivity index (χ3n) is 4.63. The summed E-state index contributed by atoms with van der Waals surface area (Å²) in [6.45, 7) is 9.04. The standard InChI is InChI=1S/C20H21F3N4OS/c1-5-27(6-2)17-15-11(3)16(29-19(15)25-12(4)24-17)18(28)26-14-10-8-7-9-13(14)20(21,22)23/h7-10H,5-6H2,1-4H3,(H,26,28). The van der Waals surface area contributed by atoms with Gasteiger partial charge in [-0.15, -0.1) is 11.3 Å². The molecule has 9 heteroatoms. The zero-order chi connectivity index (χ0) is 21.3. The number of amides is 1. The minimum atomic E-state index is -4.56. The summed E-state index contributed by atoms with van der Waals surface area (Å²) in [5, 5.41) is 3.18. The van der Waals surface area contributed by atoms with E-state index in [-0.39, 0.29) is 5.69 Å². The molecule has 0 saturated heterocycles. The SMILES string of the molecule is CCN(CC)c1nc(C)nc2sc(C(=O)Nc3ccccc3C(F)(F)F)c(C)c12. The van der Waals surface area contributed by atoms with Gasteiger partial charge in [0.05, 0.1) is 21.5 Å². The molecule has 0 aliphatic carbocycles. The number of hydrogen-bond donors (Lipinski definition) is 1. The maximum absolute atomic E-state index is 13.2. The number of aromatic nitrogens is 2. The van der Waals surface area contributed by atoms with Crippen LogP contribution in [0.2, 0.25) is 0 Å². The van der Waals surface area contributed by atoms with E-state index in [1.165, 1.54) is 18.2 Å². The summed E-state index contributed by atoms with van der Waals surface area (Å²) < 4.78 is 39.7. The van der Waals surface area contributed by atoms with Gasteiger partial charge in [0.2, 0.25) is 0 Å². The number of para-hydroxylation sites is 1. The van der Waals surface area contributed by atoms with Crippen LogP contribution in [0.1, 0.15) is 40.5 Å². The second-order valence-electron chi connectivity index (χ2n) is 6.50. The fraction of sp³-hybridized carbons (Fsp3) is 0.350. The van der Waals surface area contributed by atoms with Crippen molar-refractivity contribution in [3.05, 3.63) is 46.1 Å². The van der Waals surface area contributed by atoms with Crippen molar-refractivity contribution in [3.8, 4) is 0 Å². The quantitative estimate of drug-likeness (QED) is 0.596. The van der Waals surface area contributed by atoms with Crippen molar-refractivity contribution in [1.82, 2.24) is 9.97 Å². The first-order valence-electron chi connectivity index (χ1n) is 9.17. The number of benzene rings is 1. The summed E-state index contributed by atoms with van der Waals surface area (Å²) in [7, 11) is 0. The lowest BCUT2D eigenvalue weighted by molar-refractivity contribution is -0.136. The minimum Gasteiger partial charge on any atom is -0.357 e. The Kier molecular flexibility index (Phi) is 5.79. The number of halogens is 3. The lowest BCUT2D eigenvalue weighted by Crippen LogP contribution is -2.23. The fourth-order valence-electron chi connectivity index (χ4n) is 3.21. The largest absolute Gasteiger partial charge is 0.418 e. The molecule has 0 radical (unpaired) electrons. The van der Waals surface area contributed by atoms with Crippen LogP contribution in [-0.4, -0.2) is 29.0 Å². The van der Waals surface area contributed by atoms with Gasteiger partial charge in [-0.1, -0.05) is 12.1 Å². The molecular formula is C20H21F3N4OS. The lowest BCUT2D eigenvalue weighted by Gasteiger charge is -2.21. The van der Waals surface area contributed by atoms with Gasteiger partial charge < -0.3 is 10.2 Å². The van der Waals surface area contributed by atoms with E-state index in [1.807, 2.05) is 13.8 Å². The van der Waals surface area contributed by atoms with E-state index in [1.54, 1.807) is 13.8 Å². The monoisotopic (exact) mass is 422 g/mol. The maximum atomic E-state index is 13.2. The van der Waals surface area contributed by atoms with Gasteiger partial charge in [0.25, 0.3) is 5.91 Å². The second-order valence-corrected chi connectivity index (χ2v) is 7.50. The third kappa shape index (κ3) is 4.05. The summed E-state index contributed by atoms with van der Waals surface area (Å²) in [6, 6.07) is 4.93. The molecule has 2 heterocycles. The Morgan fingerprint density at radius 1 is 1.14 bits per heavy atom. The van der Waals surface area contributed by atoms with E-state index >= 15 is 0 Å². The summed E-state index contributed by atoms with van der Waals surface area (Å²) >= 11 is 1.16. The molecule has 0 atom stereocenters. The van der Waals surface area contributed by atoms with Gasteiger partial charge in [0.1, 0.15) is 16.5 Å². The molecule has 0 aliphatic rings. The molecule has 0 bridgehead atoms. The van der Waals surface area contributed by atoms with Crippen LogP contribution in [0.15, 0.2) is 24.3 Å². The van der Waals surface area contributed by atoms with Crippen molar-refractivity contribution in [2.75, 3.05) is 23.3 Å². The van der Waals surface area contributed by atoms with E-state index in [9.17, 15) is 18.0 Å². The number of aryl methyl sites for hydroxylation is 2. The highest BCUT2D eigenvalue weighted by Gasteiger charge is 2.34. The van der Waals surface area contributed by atoms with Crippen molar-refractivity contribution in [1.29, 1.82) is 0 Å². The van der Waals surface area contributed by atoms with Gasteiger partial charge in [-0.3, -0.25) is 4.79 Å². The number of alkyl halides is 3. The molecule has 1 N–H and O–H groups in total. The second kappa shape index (κ2) is 7.98. The average molecular weight is 422 g/mol. The number of nitrogens with one attached hydrogen (secondary N) is 1. The molecule has 0 saturated carbocycles. The predicted octanol–water partition coefficient (Wildman–Crippen LogP) is 5.43. The lowest BCUT2D eigenvalue weighted by atomic mass is 10.1. The number of hydrogen-bond acceptors (Lipinski definition) is 5. The molecule has 29 heavy (non-hydrogen) atoms. The summed E-state index contributed by atoms with van der Waals surface area (Å²) in [5.41, 5.74) is -0.492. The number of carbonyl (C=O) groups is 1. The van der Waals surface area contributed by atoms with Crippen LogP contribution >= 0.6 is 11.3 Å². The Morgan fingerprint density at radius 3 is 2.41 bits per heavy atom. The van der Waals surface area contributed by atoms with E-state index in [0.29, 0.717) is 21.1 Å². The number of carbonyl (C=O) groups excluding carboxylic acids is 1. The molecule has 0 unspecified atom stereocenters. The van der Waals surface area contributed by atoms with E-state index in [2.05, 4.69) is 20.2 Å². The number of thiophene rings is 1. The molecule has 5 nitrogen and oxygen atoms in total. The Hall–Kier alpha value is -2.68. The summed E-state index contributed by atoms with van der Waals surface area (Å²) in [6.07, 6.45) is -4.56. The number of fused-ring (bicyclic) bond motifs is 1. The van der Waals surface area contributed by atoms with Gasteiger partial charge in [-0.2, -0.15) is 13.2 Å². The Balaban J connectivity index is 2.07. The van der Waals surface area contributed by atoms with Crippen molar-refractivity contribution < 1.29 is 18.0 Å². The Morgan fingerprint density at radius 2 is 1.79 bits per heavy atom. The van der Waals surface area contributed by atoms with Crippen molar-refractivity contribution >= 4 is 39.0 Å². The summed E-state index contributed by atoms with van der Waals surface area (Å²) in [4.78, 5) is 24.9. The Labute approximate surface area is 170 Å². The van der Waals surface area contributed by atoms with Crippen LogP contribution in [0.5, 0.6) is 0 Å². The van der Waals surface area contributed by atoms with Crippen LogP contribution in [-0.2, 0) is 6.18 Å². The smallest absolute Gasteiger partial charge is 0.357 e. The zero-order valence-electron chi connectivity index (χ0n) is 16.5. The highest BCUT2D eigenvalue weighted by atomic mass is 32.1. The fourth-order valence-corrected chi connectivity index (χ4v) is 4.32. The van der Waals surface area contributed by atoms with Gasteiger partial charge >= 0.3 is 6.18 Å². The van der Waals surface area contributed by atoms with Crippen LogP contribution in [0.4, 0.5) is 24.7 Å². The van der Waals surface area contributed by atoms with Crippen LogP contribution in [0.3, 0.4) is 0 Å². The molecule has 0 fully saturated rings.